The van der Waals surface area contributed by atoms with Gasteiger partial charge < -0.3 is 14.4 Å². The van der Waals surface area contributed by atoms with Crippen LogP contribution in [-0.2, 0) is 6.61 Å². The molecule has 0 amide bonds. The Morgan fingerprint density at radius 1 is 1.09 bits per heavy atom. The number of ether oxygens (including phenoxy) is 1. The molecular formula is C17H18N3O3+. The Labute approximate surface area is 133 Å². The summed E-state index contributed by atoms with van der Waals surface area (Å²) in [5.41, 5.74) is 4.11. The molecule has 118 valence electrons. The van der Waals surface area contributed by atoms with Gasteiger partial charge in [-0.3, -0.25) is 9.97 Å². The average Bonchev–Trinajstić information content (AvgIpc) is 2.85. The van der Waals surface area contributed by atoms with Crippen LogP contribution < -0.4 is 4.74 Å². The molecule has 0 bridgehead atoms. The molecule has 2 aromatic heterocycles. The molecular weight excluding hydrogens is 294 g/mol. The van der Waals surface area contributed by atoms with Crippen LogP contribution >= 0.6 is 0 Å². The number of aryl methyl sites for hydroxylation is 3. The molecule has 0 spiro atoms. The summed E-state index contributed by atoms with van der Waals surface area (Å²) in [7, 11) is 0. The lowest BCUT2D eigenvalue weighted by atomic mass is 10.1. The highest BCUT2D eigenvalue weighted by Crippen LogP contribution is 2.33. The lowest BCUT2D eigenvalue weighted by molar-refractivity contribution is 0.301. The molecule has 0 atom stereocenters. The Kier molecular flexibility index (Phi) is 3.97. The van der Waals surface area contributed by atoms with Crippen molar-refractivity contribution in [2.24, 2.45) is 0 Å². The van der Waals surface area contributed by atoms with Gasteiger partial charge >= 0.3 is 0 Å². The molecule has 23 heavy (non-hydrogen) atoms. The molecule has 0 aliphatic heterocycles. The molecule has 0 aliphatic rings. The third-order valence-electron chi connectivity index (χ3n) is 3.67. The number of hydrogen-bond acceptors (Lipinski definition) is 5. The van der Waals surface area contributed by atoms with Crippen molar-refractivity contribution >= 4 is 0 Å². The van der Waals surface area contributed by atoms with Crippen LogP contribution in [-0.4, -0.2) is 20.2 Å². The van der Waals surface area contributed by atoms with E-state index < -0.39 is 0 Å². The molecule has 0 saturated carbocycles. The molecule has 0 radical (unpaired) electrons. The van der Waals surface area contributed by atoms with Gasteiger partial charge in [-0.25, -0.2) is 0 Å². The fraction of sp³-hybridized carbons (Fsp3) is 0.235. The third-order valence-corrected chi connectivity index (χ3v) is 3.67. The summed E-state index contributed by atoms with van der Waals surface area (Å²) in [5.74, 6) is 1.71. The van der Waals surface area contributed by atoms with E-state index in [1.807, 2.05) is 26.8 Å². The minimum atomic E-state index is 0.330. The molecule has 2 heterocycles. The van der Waals surface area contributed by atoms with E-state index in [2.05, 4.69) is 15.1 Å². The van der Waals surface area contributed by atoms with Crippen molar-refractivity contribution in [3.63, 3.8) is 0 Å². The van der Waals surface area contributed by atoms with Crippen LogP contribution in [0.25, 0.3) is 11.3 Å². The van der Waals surface area contributed by atoms with E-state index in [1.165, 1.54) is 0 Å². The first-order valence-electron chi connectivity index (χ1n) is 7.24. The van der Waals surface area contributed by atoms with Gasteiger partial charge in [0.15, 0.2) is 0 Å². The van der Waals surface area contributed by atoms with E-state index in [0.29, 0.717) is 18.1 Å². The second-order valence-electron chi connectivity index (χ2n) is 5.29. The summed E-state index contributed by atoms with van der Waals surface area (Å²) in [6.45, 7) is 5.96. The van der Waals surface area contributed by atoms with Crippen LogP contribution in [0.4, 0.5) is 0 Å². The molecule has 3 rings (SSSR count). The molecule has 2 N–H and O–H groups in total. The average molecular weight is 312 g/mol. The maximum absolute atomic E-state index is 7.84. The Morgan fingerprint density at radius 2 is 1.87 bits per heavy atom. The predicted octanol–water partition coefficient (Wildman–Crippen LogP) is 3.07. The maximum Gasteiger partial charge on any atom is 0.257 e. The first-order valence-corrected chi connectivity index (χ1v) is 7.24. The minimum absolute atomic E-state index is 0.330. The van der Waals surface area contributed by atoms with Crippen molar-refractivity contribution in [3.05, 3.63) is 53.3 Å². The summed E-state index contributed by atoms with van der Waals surface area (Å²) < 4.78 is 11.1. The highest BCUT2D eigenvalue weighted by molar-refractivity contribution is 5.69. The molecule has 0 unspecified atom stereocenters. The molecule has 0 saturated heterocycles. The lowest BCUT2D eigenvalue weighted by Gasteiger charge is -2.12. The molecule has 6 heteroatoms. The van der Waals surface area contributed by atoms with Crippen molar-refractivity contribution < 1.29 is 14.4 Å². The van der Waals surface area contributed by atoms with Crippen molar-refractivity contribution in [2.45, 2.75) is 27.4 Å². The highest BCUT2D eigenvalue weighted by atomic mass is 16.5. The van der Waals surface area contributed by atoms with Crippen molar-refractivity contribution in [3.8, 4) is 22.8 Å². The fourth-order valence-electron chi connectivity index (χ4n) is 2.37. The maximum atomic E-state index is 7.84. The topological polar surface area (TPSA) is 83.9 Å². The van der Waals surface area contributed by atoms with Gasteiger partial charge in [-0.1, -0.05) is 5.16 Å². The minimum Gasteiger partial charge on any atom is -0.593 e. The SMILES string of the molecule is Cc1nccnc1-c1ccc([OH2+])cc1OCc1c(C)noc1C. The summed E-state index contributed by atoms with van der Waals surface area (Å²) in [6.07, 6.45) is 3.30. The second-order valence-corrected chi connectivity index (χ2v) is 5.29. The van der Waals surface area contributed by atoms with E-state index >= 15 is 0 Å². The van der Waals surface area contributed by atoms with Crippen molar-refractivity contribution in [1.29, 1.82) is 0 Å². The summed E-state index contributed by atoms with van der Waals surface area (Å²) in [4.78, 5) is 8.65. The summed E-state index contributed by atoms with van der Waals surface area (Å²) in [5, 5.41) is 11.8. The van der Waals surface area contributed by atoms with Gasteiger partial charge in [0.2, 0.25) is 0 Å². The number of benzene rings is 1. The number of rotatable bonds is 4. The van der Waals surface area contributed by atoms with Gasteiger partial charge in [-0.05, 0) is 26.8 Å². The monoisotopic (exact) mass is 312 g/mol. The van der Waals surface area contributed by atoms with Crippen LogP contribution in [0.15, 0.2) is 35.1 Å². The van der Waals surface area contributed by atoms with E-state index in [4.69, 9.17) is 14.4 Å². The Hall–Kier alpha value is -2.89. The number of aromatic nitrogens is 3. The lowest BCUT2D eigenvalue weighted by Crippen LogP contribution is -2.00. The number of nitrogens with zero attached hydrogens (tertiary/aromatic N) is 3. The van der Waals surface area contributed by atoms with Crippen molar-refractivity contribution in [2.75, 3.05) is 0 Å². The first-order chi connectivity index (χ1) is 11.1. The van der Waals surface area contributed by atoms with Crippen LogP contribution in [0.3, 0.4) is 0 Å². The van der Waals surface area contributed by atoms with Gasteiger partial charge in [-0.15, -0.1) is 0 Å². The van der Waals surface area contributed by atoms with Gasteiger partial charge in [-0.2, -0.15) is 0 Å². The van der Waals surface area contributed by atoms with Crippen LogP contribution in [0.5, 0.6) is 11.5 Å². The molecule has 3 aromatic rings. The standard InChI is InChI=1S/C17H17N3O3/c1-10-15(12(3)23-20-10)9-22-16-8-13(21)4-5-14(16)17-11(2)18-6-7-19-17/h4-8,21H,9H2,1-3H3/p+1. The number of hydrogen-bond donors (Lipinski definition) is 0. The predicted molar refractivity (Wildman–Crippen MR) is 85.6 cm³/mol. The first kappa shape index (κ1) is 15.0. The van der Waals surface area contributed by atoms with Gasteiger partial charge in [0.25, 0.3) is 5.75 Å². The van der Waals surface area contributed by atoms with Crippen LogP contribution in [0.1, 0.15) is 22.7 Å². The zero-order chi connectivity index (χ0) is 16.4. The Morgan fingerprint density at radius 3 is 2.57 bits per heavy atom. The fourth-order valence-corrected chi connectivity index (χ4v) is 2.37. The molecule has 1 aromatic carbocycles. The summed E-state index contributed by atoms with van der Waals surface area (Å²) >= 11 is 0. The molecule has 0 fully saturated rings. The van der Waals surface area contributed by atoms with Gasteiger partial charge in [0, 0.05) is 24.0 Å². The largest absolute Gasteiger partial charge is 0.593 e. The molecule has 0 aliphatic carbocycles. The highest BCUT2D eigenvalue weighted by Gasteiger charge is 2.15. The van der Waals surface area contributed by atoms with E-state index in [9.17, 15) is 0 Å². The van der Waals surface area contributed by atoms with E-state index in [0.717, 1.165) is 34.0 Å². The van der Waals surface area contributed by atoms with E-state index in [1.54, 1.807) is 24.5 Å². The van der Waals surface area contributed by atoms with Crippen LogP contribution in [0, 0.1) is 20.8 Å². The van der Waals surface area contributed by atoms with Gasteiger partial charge in [0.05, 0.1) is 28.7 Å². The van der Waals surface area contributed by atoms with E-state index in [-0.39, 0.29) is 0 Å². The zero-order valence-corrected chi connectivity index (χ0v) is 13.3. The van der Waals surface area contributed by atoms with Gasteiger partial charge in [0.1, 0.15) is 18.1 Å². The third kappa shape index (κ3) is 3.01. The smallest absolute Gasteiger partial charge is 0.257 e. The van der Waals surface area contributed by atoms with Crippen LogP contribution in [0.2, 0.25) is 0 Å². The van der Waals surface area contributed by atoms with Crippen molar-refractivity contribution in [1.82, 2.24) is 15.1 Å². The normalized spacial score (nSPS) is 10.7. The molecule has 6 nitrogen and oxygen atoms in total. The summed E-state index contributed by atoms with van der Waals surface area (Å²) in [6, 6.07) is 5.23. The second kappa shape index (κ2) is 6.08. The quantitative estimate of drug-likeness (QED) is 0.691. The zero-order valence-electron chi connectivity index (χ0n) is 13.3. The Bertz CT molecular complexity index is 823. The Balaban J connectivity index is 1.96.